The van der Waals surface area contributed by atoms with Crippen LogP contribution in [0.15, 0.2) is 47.4 Å². The molecule has 9 heteroatoms. The largest absolute Gasteiger partial charge is 0.484 e. The van der Waals surface area contributed by atoms with Gasteiger partial charge >= 0.3 is 0 Å². The Labute approximate surface area is 169 Å². The second kappa shape index (κ2) is 8.91. The van der Waals surface area contributed by atoms with Crippen molar-refractivity contribution in [3.05, 3.63) is 53.1 Å². The number of amides is 1. The average molecular weight is 425 g/mol. The van der Waals surface area contributed by atoms with Crippen LogP contribution in [0.3, 0.4) is 0 Å². The highest BCUT2D eigenvalue weighted by Crippen LogP contribution is 2.21. The third-order valence-electron chi connectivity index (χ3n) is 4.26. The fraction of sp³-hybridized carbons (Fsp3) is 0.316. The summed E-state index contributed by atoms with van der Waals surface area (Å²) in [4.78, 5) is 12.3. The van der Waals surface area contributed by atoms with Crippen molar-refractivity contribution in [2.75, 3.05) is 38.2 Å². The molecule has 0 radical (unpaired) electrons. The van der Waals surface area contributed by atoms with Gasteiger partial charge in [0, 0.05) is 23.8 Å². The van der Waals surface area contributed by atoms with E-state index in [-0.39, 0.29) is 17.4 Å². The molecule has 0 spiro atoms. The summed E-state index contributed by atoms with van der Waals surface area (Å²) in [7, 11) is -3.55. The topological polar surface area (TPSA) is 84.9 Å². The molecule has 0 atom stereocenters. The van der Waals surface area contributed by atoms with Gasteiger partial charge in [0.1, 0.15) is 5.75 Å². The maximum absolute atomic E-state index is 12.6. The van der Waals surface area contributed by atoms with Gasteiger partial charge in [-0.3, -0.25) is 4.79 Å². The minimum atomic E-state index is -3.55. The third-order valence-corrected chi connectivity index (χ3v) is 6.41. The Kier molecular flexibility index (Phi) is 6.56. The van der Waals surface area contributed by atoms with E-state index in [1.807, 2.05) is 6.92 Å². The molecule has 2 aromatic carbocycles. The molecule has 1 N–H and O–H groups in total. The number of morpholine rings is 1. The SMILES string of the molecule is Cc1cc(Cl)ccc1NC(=O)COc1ccc(S(=O)(=O)N2CCOCC2)cc1. The van der Waals surface area contributed by atoms with Gasteiger partial charge in [0.2, 0.25) is 10.0 Å². The van der Waals surface area contributed by atoms with Crippen molar-refractivity contribution in [2.45, 2.75) is 11.8 Å². The number of carbonyl (C=O) groups is 1. The number of anilines is 1. The second-order valence-corrected chi connectivity index (χ2v) is 8.66. The lowest BCUT2D eigenvalue weighted by Crippen LogP contribution is -2.40. The summed E-state index contributed by atoms with van der Waals surface area (Å²) in [5.74, 6) is 0.0827. The van der Waals surface area contributed by atoms with Crippen LogP contribution in [0.2, 0.25) is 5.02 Å². The quantitative estimate of drug-likeness (QED) is 0.770. The molecule has 1 heterocycles. The van der Waals surface area contributed by atoms with Crippen molar-refractivity contribution >= 4 is 33.2 Å². The smallest absolute Gasteiger partial charge is 0.262 e. The summed E-state index contributed by atoms with van der Waals surface area (Å²) in [6, 6.07) is 11.2. The zero-order valence-corrected chi connectivity index (χ0v) is 16.9. The highest BCUT2D eigenvalue weighted by atomic mass is 35.5. The molecule has 0 aliphatic carbocycles. The van der Waals surface area contributed by atoms with E-state index in [9.17, 15) is 13.2 Å². The number of nitrogens with zero attached hydrogens (tertiary/aromatic N) is 1. The number of hydrogen-bond donors (Lipinski definition) is 1. The summed E-state index contributed by atoms with van der Waals surface area (Å²) < 4.78 is 37.2. The molecule has 150 valence electrons. The van der Waals surface area contributed by atoms with E-state index in [0.717, 1.165) is 5.56 Å². The predicted molar refractivity (Wildman–Crippen MR) is 106 cm³/mol. The summed E-state index contributed by atoms with van der Waals surface area (Å²) in [5, 5.41) is 3.35. The van der Waals surface area contributed by atoms with Crippen molar-refractivity contribution in [1.29, 1.82) is 0 Å². The number of sulfonamides is 1. The first kappa shape index (κ1) is 20.6. The van der Waals surface area contributed by atoms with Gasteiger partial charge in [-0.05, 0) is 55.0 Å². The lowest BCUT2D eigenvalue weighted by Gasteiger charge is -2.26. The van der Waals surface area contributed by atoms with Crippen molar-refractivity contribution in [1.82, 2.24) is 4.31 Å². The lowest BCUT2D eigenvalue weighted by molar-refractivity contribution is -0.118. The second-order valence-electron chi connectivity index (χ2n) is 6.28. The monoisotopic (exact) mass is 424 g/mol. The van der Waals surface area contributed by atoms with E-state index in [1.165, 1.54) is 28.6 Å². The van der Waals surface area contributed by atoms with Crippen molar-refractivity contribution < 1.29 is 22.7 Å². The number of hydrogen-bond acceptors (Lipinski definition) is 5. The highest BCUT2D eigenvalue weighted by Gasteiger charge is 2.26. The summed E-state index contributed by atoms with van der Waals surface area (Å²) in [6.07, 6.45) is 0. The van der Waals surface area contributed by atoms with Gasteiger partial charge < -0.3 is 14.8 Å². The first-order chi connectivity index (χ1) is 13.4. The number of halogens is 1. The summed E-state index contributed by atoms with van der Waals surface area (Å²) in [5.41, 5.74) is 1.50. The summed E-state index contributed by atoms with van der Waals surface area (Å²) in [6.45, 7) is 3.11. The molecule has 1 aliphatic rings. The van der Waals surface area contributed by atoms with Gasteiger partial charge in [0.05, 0.1) is 18.1 Å². The number of nitrogens with one attached hydrogen (secondary N) is 1. The fourth-order valence-electron chi connectivity index (χ4n) is 2.75. The molecular formula is C19H21ClN2O5S. The van der Waals surface area contributed by atoms with E-state index in [2.05, 4.69) is 5.32 Å². The number of rotatable bonds is 6. The number of aryl methyl sites for hydroxylation is 1. The molecule has 2 aromatic rings. The predicted octanol–water partition coefficient (Wildman–Crippen LogP) is 2.69. The Morgan fingerprint density at radius 1 is 1.18 bits per heavy atom. The minimum absolute atomic E-state index is 0.183. The van der Waals surface area contributed by atoms with Gasteiger partial charge in [-0.2, -0.15) is 4.31 Å². The molecule has 7 nitrogen and oxygen atoms in total. The Morgan fingerprint density at radius 2 is 1.86 bits per heavy atom. The minimum Gasteiger partial charge on any atom is -0.484 e. The van der Waals surface area contributed by atoms with Crippen molar-refractivity contribution in [3.63, 3.8) is 0 Å². The molecule has 0 bridgehead atoms. The molecular weight excluding hydrogens is 404 g/mol. The van der Waals surface area contributed by atoms with Crippen LogP contribution in [0, 0.1) is 6.92 Å². The van der Waals surface area contributed by atoms with Crippen molar-refractivity contribution in [3.8, 4) is 5.75 Å². The Morgan fingerprint density at radius 3 is 2.50 bits per heavy atom. The first-order valence-electron chi connectivity index (χ1n) is 8.73. The third kappa shape index (κ3) is 5.02. The number of ether oxygens (including phenoxy) is 2. The maximum Gasteiger partial charge on any atom is 0.262 e. The van der Waals surface area contributed by atoms with Crippen LogP contribution >= 0.6 is 11.6 Å². The van der Waals surface area contributed by atoms with Crippen LogP contribution in [-0.2, 0) is 19.6 Å². The highest BCUT2D eigenvalue weighted by molar-refractivity contribution is 7.89. The zero-order valence-electron chi connectivity index (χ0n) is 15.4. The van der Waals surface area contributed by atoms with Crippen molar-refractivity contribution in [2.24, 2.45) is 0 Å². The van der Waals surface area contributed by atoms with Gasteiger partial charge in [-0.15, -0.1) is 0 Å². The van der Waals surface area contributed by atoms with Gasteiger partial charge in [-0.25, -0.2) is 8.42 Å². The Hall–Kier alpha value is -2.13. The first-order valence-corrected chi connectivity index (χ1v) is 10.5. The van der Waals surface area contributed by atoms with Gasteiger partial charge in [0.15, 0.2) is 6.61 Å². The standard InChI is InChI=1S/C19H21ClN2O5S/c1-14-12-15(20)2-7-18(14)21-19(23)13-27-16-3-5-17(6-4-16)28(24,25)22-8-10-26-11-9-22/h2-7,12H,8-11,13H2,1H3,(H,21,23). The Bertz CT molecular complexity index is 941. The number of benzene rings is 2. The Balaban J connectivity index is 1.57. The van der Waals surface area contributed by atoms with Gasteiger partial charge in [-0.1, -0.05) is 11.6 Å². The molecule has 0 unspecified atom stereocenters. The van der Waals surface area contributed by atoms with Crippen LogP contribution in [0.1, 0.15) is 5.56 Å². The molecule has 1 amide bonds. The van der Waals surface area contributed by atoms with E-state index in [0.29, 0.717) is 42.8 Å². The molecule has 0 saturated carbocycles. The normalized spacial score (nSPS) is 15.2. The zero-order chi connectivity index (χ0) is 20.1. The van der Waals surface area contributed by atoms with Crippen LogP contribution in [0.4, 0.5) is 5.69 Å². The molecule has 1 fully saturated rings. The van der Waals surface area contributed by atoms with E-state index >= 15 is 0 Å². The van der Waals surface area contributed by atoms with Crippen LogP contribution in [0.5, 0.6) is 5.75 Å². The van der Waals surface area contributed by atoms with E-state index in [1.54, 1.807) is 18.2 Å². The van der Waals surface area contributed by atoms with Crippen LogP contribution in [-0.4, -0.2) is 51.5 Å². The molecule has 3 rings (SSSR count). The summed E-state index contributed by atoms with van der Waals surface area (Å²) >= 11 is 5.90. The lowest BCUT2D eigenvalue weighted by atomic mass is 10.2. The molecule has 0 aromatic heterocycles. The van der Waals surface area contributed by atoms with Crippen LogP contribution < -0.4 is 10.1 Å². The maximum atomic E-state index is 12.6. The van der Waals surface area contributed by atoms with Gasteiger partial charge in [0.25, 0.3) is 5.91 Å². The fourth-order valence-corrected chi connectivity index (χ4v) is 4.38. The van der Waals surface area contributed by atoms with E-state index in [4.69, 9.17) is 21.1 Å². The van der Waals surface area contributed by atoms with E-state index < -0.39 is 10.0 Å². The number of carbonyl (C=O) groups excluding carboxylic acids is 1. The molecule has 28 heavy (non-hydrogen) atoms. The molecule has 1 aliphatic heterocycles. The van der Waals surface area contributed by atoms with Crippen LogP contribution in [0.25, 0.3) is 0 Å². The average Bonchev–Trinajstić information content (AvgIpc) is 2.69. The molecule has 1 saturated heterocycles.